The van der Waals surface area contributed by atoms with Gasteiger partial charge in [-0.1, -0.05) is 39.5 Å². The quantitative estimate of drug-likeness (QED) is 0.559. The van der Waals surface area contributed by atoms with Crippen LogP contribution in [0.5, 0.6) is 0 Å². The van der Waals surface area contributed by atoms with Gasteiger partial charge in [0, 0.05) is 18.2 Å². The van der Waals surface area contributed by atoms with Crippen molar-refractivity contribution in [3.8, 4) is 0 Å². The van der Waals surface area contributed by atoms with Gasteiger partial charge in [0.1, 0.15) is 0 Å². The van der Waals surface area contributed by atoms with Crippen molar-refractivity contribution in [1.82, 2.24) is 0 Å². The zero-order valence-corrected chi connectivity index (χ0v) is 18.8. The maximum Gasteiger partial charge on any atom is 0.306 e. The molecule has 1 N–H and O–H groups in total. The fourth-order valence-corrected chi connectivity index (χ4v) is 3.96. The van der Waals surface area contributed by atoms with E-state index in [0.29, 0.717) is 18.4 Å². The third-order valence-corrected chi connectivity index (χ3v) is 5.63. The number of hydrogen-bond donors (Lipinski definition) is 1. The lowest BCUT2D eigenvalue weighted by atomic mass is 9.67. The fourth-order valence-electron chi connectivity index (χ4n) is 3.96. The van der Waals surface area contributed by atoms with Crippen molar-refractivity contribution in [2.75, 3.05) is 12.4 Å². The molecule has 1 fully saturated rings. The Bertz CT molecular complexity index is 821. The summed E-state index contributed by atoms with van der Waals surface area (Å²) in [6, 6.07) is 7.57. The van der Waals surface area contributed by atoms with Crippen molar-refractivity contribution in [2.24, 2.45) is 10.8 Å². The molecule has 1 aromatic rings. The summed E-state index contributed by atoms with van der Waals surface area (Å²) in [5.41, 5.74) is 0.872. The van der Waals surface area contributed by atoms with Crippen LogP contribution in [0.3, 0.4) is 0 Å². The van der Waals surface area contributed by atoms with Crippen molar-refractivity contribution < 1.29 is 23.9 Å². The first-order valence-electron chi connectivity index (χ1n) is 10.2. The highest BCUT2D eigenvalue weighted by Crippen LogP contribution is 2.45. The van der Waals surface area contributed by atoms with Gasteiger partial charge < -0.3 is 14.8 Å². The second kappa shape index (κ2) is 9.13. The Kier molecular flexibility index (Phi) is 7.24. The van der Waals surface area contributed by atoms with Crippen LogP contribution in [0, 0.1) is 10.8 Å². The second-order valence-corrected chi connectivity index (χ2v) is 9.31. The van der Waals surface area contributed by atoms with Gasteiger partial charge in [0.25, 0.3) is 0 Å². The van der Waals surface area contributed by atoms with Crippen LogP contribution in [-0.2, 0) is 30.3 Å². The Hall–Kier alpha value is -2.47. The summed E-state index contributed by atoms with van der Waals surface area (Å²) in [7, 11) is 1.32. The molecule has 1 aromatic carbocycles. The molecule has 30 heavy (non-hydrogen) atoms. The molecule has 0 unspecified atom stereocenters. The molecule has 0 aliphatic carbocycles. The Morgan fingerprint density at radius 3 is 2.33 bits per heavy atom. The summed E-state index contributed by atoms with van der Waals surface area (Å²) in [6.45, 7) is 13.3. The third-order valence-electron chi connectivity index (χ3n) is 5.63. The van der Waals surface area contributed by atoms with Crippen LogP contribution >= 0.6 is 0 Å². The smallest absolute Gasteiger partial charge is 0.306 e. The lowest BCUT2D eigenvalue weighted by Gasteiger charge is -2.47. The minimum absolute atomic E-state index is 0.0512. The lowest BCUT2D eigenvalue weighted by molar-refractivity contribution is -0.169. The molecule has 1 saturated heterocycles. The fraction of sp³-hybridized carbons (Fsp3) is 0.542. The van der Waals surface area contributed by atoms with Crippen LogP contribution in [0.1, 0.15) is 53.0 Å². The number of hydrogen-bond acceptors (Lipinski definition) is 5. The van der Waals surface area contributed by atoms with E-state index in [9.17, 15) is 14.4 Å². The molecule has 3 atom stereocenters. The molecule has 1 heterocycles. The van der Waals surface area contributed by atoms with Crippen molar-refractivity contribution in [2.45, 2.75) is 66.1 Å². The molecule has 6 heteroatoms. The average Bonchev–Trinajstić information content (AvgIpc) is 2.65. The molecule has 0 radical (unpaired) electrons. The topological polar surface area (TPSA) is 81.7 Å². The first kappa shape index (κ1) is 23.8. The maximum atomic E-state index is 13.3. The molecule has 1 aliphatic heterocycles. The maximum absolute atomic E-state index is 13.3. The Labute approximate surface area is 179 Å². The first-order valence-corrected chi connectivity index (χ1v) is 10.2. The average molecular weight is 416 g/mol. The zero-order chi connectivity index (χ0) is 22.7. The van der Waals surface area contributed by atoms with Gasteiger partial charge in [0.15, 0.2) is 5.78 Å². The molecule has 0 saturated carbocycles. The predicted molar refractivity (Wildman–Crippen MR) is 116 cm³/mol. The highest BCUT2D eigenvalue weighted by atomic mass is 16.5. The van der Waals surface area contributed by atoms with Gasteiger partial charge in [0.05, 0.1) is 31.2 Å². The van der Waals surface area contributed by atoms with E-state index in [-0.39, 0.29) is 23.5 Å². The molecule has 1 aliphatic rings. The van der Waals surface area contributed by atoms with Crippen LogP contribution in [0.2, 0.25) is 0 Å². The number of anilines is 1. The largest absolute Gasteiger partial charge is 0.469 e. The Morgan fingerprint density at radius 1 is 1.23 bits per heavy atom. The van der Waals surface area contributed by atoms with Crippen molar-refractivity contribution >= 4 is 23.3 Å². The Morgan fingerprint density at radius 2 is 1.83 bits per heavy atom. The monoisotopic (exact) mass is 415 g/mol. The summed E-state index contributed by atoms with van der Waals surface area (Å²) in [4.78, 5) is 36.5. The van der Waals surface area contributed by atoms with Gasteiger partial charge in [-0.3, -0.25) is 14.4 Å². The van der Waals surface area contributed by atoms with Crippen molar-refractivity contribution in [3.05, 3.63) is 42.0 Å². The van der Waals surface area contributed by atoms with Crippen LogP contribution in [0.15, 0.2) is 36.4 Å². The van der Waals surface area contributed by atoms with Crippen LogP contribution in [-0.4, -0.2) is 37.0 Å². The summed E-state index contributed by atoms with van der Waals surface area (Å²) >= 11 is 0. The van der Waals surface area contributed by atoms with E-state index < -0.39 is 23.6 Å². The molecule has 0 spiro atoms. The number of ketones is 1. The van der Waals surface area contributed by atoms with Gasteiger partial charge in [-0.15, -0.1) is 0 Å². The number of benzene rings is 1. The zero-order valence-electron chi connectivity index (χ0n) is 18.8. The van der Waals surface area contributed by atoms with Gasteiger partial charge in [-0.05, 0) is 42.9 Å². The first-order chi connectivity index (χ1) is 13.9. The van der Waals surface area contributed by atoms with Gasteiger partial charge in [-0.25, -0.2) is 0 Å². The number of nitrogens with one attached hydrogen (secondary N) is 1. The number of methoxy groups -OCH3 is 1. The number of carbonyl (C=O) groups excluding carboxylic acids is 3. The standard InChI is InChI=1S/C24H33NO5/c1-15-21(28)24(6,14-20(27)29-7)19(30-22(15)23(3,4)5)13-10-17-8-11-18(12-9-17)25-16(2)26/h8-9,11-12,19,22H,1,10,13-14H2,2-7H3,(H,25,26)/t19-,22-,24+/m0/s1. The minimum atomic E-state index is -1.03. The Balaban J connectivity index is 2.24. The van der Waals surface area contributed by atoms with Crippen LogP contribution < -0.4 is 5.32 Å². The van der Waals surface area contributed by atoms with Crippen molar-refractivity contribution in [1.29, 1.82) is 0 Å². The van der Waals surface area contributed by atoms with Crippen LogP contribution in [0.25, 0.3) is 0 Å². The third kappa shape index (κ3) is 5.36. The molecule has 1 amide bonds. The molecule has 164 valence electrons. The van der Waals surface area contributed by atoms with Crippen molar-refractivity contribution in [3.63, 3.8) is 0 Å². The highest BCUT2D eigenvalue weighted by Gasteiger charge is 2.52. The highest BCUT2D eigenvalue weighted by molar-refractivity contribution is 6.03. The normalized spacial score (nSPS) is 24.5. The molecular formula is C24H33NO5. The number of rotatable bonds is 6. The SMILES string of the molecule is C=C1C(=O)[C@](C)(CC(=O)OC)[C@H](CCc2ccc(NC(C)=O)cc2)O[C@@H]1C(C)(C)C. The van der Waals surface area contributed by atoms with E-state index in [1.54, 1.807) is 6.92 Å². The number of aryl methyl sites for hydroxylation is 1. The van der Waals surface area contributed by atoms with E-state index in [2.05, 4.69) is 11.9 Å². The number of ether oxygens (including phenoxy) is 2. The molecule has 0 aromatic heterocycles. The number of esters is 1. The van der Waals surface area contributed by atoms with E-state index in [0.717, 1.165) is 11.3 Å². The summed E-state index contributed by atoms with van der Waals surface area (Å²) in [5.74, 6) is -0.699. The predicted octanol–water partition coefficient (Wildman–Crippen LogP) is 4.09. The van der Waals surface area contributed by atoms with Crippen LogP contribution in [0.4, 0.5) is 5.69 Å². The summed E-state index contributed by atoms with van der Waals surface area (Å²) in [5, 5.41) is 2.74. The number of amides is 1. The minimum Gasteiger partial charge on any atom is -0.469 e. The molecule has 6 nitrogen and oxygen atoms in total. The van der Waals surface area contributed by atoms with Gasteiger partial charge in [-0.2, -0.15) is 0 Å². The number of carbonyl (C=O) groups is 3. The molecule has 2 rings (SSSR count). The second-order valence-electron chi connectivity index (χ2n) is 9.31. The number of Topliss-reactive ketones (excluding diaryl/α,β-unsaturated/α-hetero) is 1. The molecule has 0 bridgehead atoms. The van der Waals surface area contributed by atoms with E-state index >= 15 is 0 Å². The lowest BCUT2D eigenvalue weighted by Crippen LogP contribution is -2.54. The van der Waals surface area contributed by atoms with Gasteiger partial charge in [0.2, 0.25) is 5.91 Å². The van der Waals surface area contributed by atoms with Gasteiger partial charge >= 0.3 is 5.97 Å². The summed E-state index contributed by atoms with van der Waals surface area (Å²) in [6.07, 6.45) is 0.318. The molecular weight excluding hydrogens is 382 g/mol. The van der Waals surface area contributed by atoms with E-state index in [1.807, 2.05) is 45.0 Å². The van der Waals surface area contributed by atoms with E-state index in [1.165, 1.54) is 14.0 Å². The summed E-state index contributed by atoms with van der Waals surface area (Å²) < 4.78 is 11.2. The van der Waals surface area contributed by atoms with E-state index in [4.69, 9.17) is 9.47 Å².